The summed E-state index contributed by atoms with van der Waals surface area (Å²) in [5, 5.41) is 12.9. The number of carbonyl (C=O) groups excluding carboxylic acids is 3. The first-order valence-electron chi connectivity index (χ1n) is 15.5. The summed E-state index contributed by atoms with van der Waals surface area (Å²) in [6.07, 6.45) is 5.44. The predicted octanol–water partition coefficient (Wildman–Crippen LogP) is 2.49. The highest BCUT2D eigenvalue weighted by Gasteiger charge is 2.63. The average molecular weight is 648 g/mol. The van der Waals surface area contributed by atoms with Crippen LogP contribution in [-0.2, 0) is 24.4 Å². The van der Waals surface area contributed by atoms with Crippen molar-refractivity contribution in [2.45, 2.75) is 94.1 Å². The molecule has 45 heavy (non-hydrogen) atoms. The Hall–Kier alpha value is -3.52. The first kappa shape index (κ1) is 32.9. The number of nitrogens with two attached hydrogens (primary N) is 1. The highest BCUT2D eigenvalue weighted by molar-refractivity contribution is 7.91. The van der Waals surface area contributed by atoms with E-state index in [-0.39, 0.29) is 36.9 Å². The van der Waals surface area contributed by atoms with E-state index in [1.165, 1.54) is 17.0 Å². The summed E-state index contributed by atoms with van der Waals surface area (Å²) < 4.78 is 40.7. The van der Waals surface area contributed by atoms with Gasteiger partial charge in [-0.05, 0) is 88.0 Å². The summed E-state index contributed by atoms with van der Waals surface area (Å²) in [4.78, 5) is 56.3. The van der Waals surface area contributed by atoms with E-state index in [0.717, 1.165) is 23.5 Å². The number of anilines is 1. The maximum absolute atomic E-state index is 14.0. The van der Waals surface area contributed by atoms with E-state index in [0.29, 0.717) is 25.7 Å². The van der Waals surface area contributed by atoms with Crippen LogP contribution < -0.4 is 20.7 Å². The molecule has 1 unspecified atom stereocenters. The van der Waals surface area contributed by atoms with Gasteiger partial charge in [-0.1, -0.05) is 26.0 Å². The zero-order valence-electron chi connectivity index (χ0n) is 25.7. The summed E-state index contributed by atoms with van der Waals surface area (Å²) in [5.74, 6) is -3.12. The van der Waals surface area contributed by atoms with Gasteiger partial charge in [0, 0.05) is 18.2 Å². The van der Waals surface area contributed by atoms with Crippen molar-refractivity contribution in [3.8, 4) is 0 Å². The fourth-order valence-electron chi connectivity index (χ4n) is 6.61. The maximum atomic E-state index is 14.0. The predicted molar refractivity (Wildman–Crippen MR) is 164 cm³/mol. The number of hydrogen-bond acceptors (Lipinski definition) is 7. The Morgan fingerprint density at radius 2 is 1.82 bits per heavy atom. The Balaban J connectivity index is 1.49. The van der Waals surface area contributed by atoms with Gasteiger partial charge in [-0.15, -0.1) is 0 Å². The average Bonchev–Trinajstić information content (AvgIpc) is 3.85. The van der Waals surface area contributed by atoms with E-state index in [1.807, 2.05) is 19.1 Å². The zero-order chi connectivity index (χ0) is 32.9. The third kappa shape index (κ3) is 6.44. The topological polar surface area (TPSA) is 179 Å². The van der Waals surface area contributed by atoms with Gasteiger partial charge in [-0.2, -0.15) is 0 Å². The maximum Gasteiger partial charge on any atom is 0.412 e. The monoisotopic (exact) mass is 647 g/mol. The van der Waals surface area contributed by atoms with Gasteiger partial charge in [-0.25, -0.2) is 17.6 Å². The van der Waals surface area contributed by atoms with Crippen LogP contribution in [0.15, 0.2) is 36.4 Å². The number of carboxylic acid groups (broad SMARTS) is 1. The van der Waals surface area contributed by atoms with E-state index in [2.05, 4.69) is 17.0 Å². The first-order valence-corrected chi connectivity index (χ1v) is 17.0. The number of amides is 4. The molecule has 0 radical (unpaired) electrons. The highest BCUT2D eigenvalue weighted by atomic mass is 32.2. The van der Waals surface area contributed by atoms with Gasteiger partial charge in [0.15, 0.2) is 0 Å². The first-order chi connectivity index (χ1) is 21.1. The molecule has 1 aromatic carbocycles. The molecule has 0 spiro atoms. The number of hydrogen-bond donors (Lipinski definition) is 4. The molecular weight excluding hydrogens is 605 g/mol. The lowest BCUT2D eigenvalue weighted by Crippen LogP contribution is -2.58. The van der Waals surface area contributed by atoms with Crippen LogP contribution in [0, 0.1) is 23.6 Å². The van der Waals surface area contributed by atoms with Gasteiger partial charge in [0.25, 0.3) is 5.91 Å². The SMILES string of the molecule is CC1CCC=C[C@@H]2C[C@@]2(C(=O)NS(=O)(=O)C2(C)CC2)NC(=O)[C@@H]2C[C@@H](N(C(=O)O)c3ccc(F)cc3)CN2C(=O)[C@@H](N)[C@H](C)C1. The Kier molecular flexibility index (Phi) is 8.77. The molecule has 2 aliphatic carbocycles. The molecule has 0 bridgehead atoms. The van der Waals surface area contributed by atoms with Crippen LogP contribution in [0.2, 0.25) is 0 Å². The second-order valence-corrected chi connectivity index (χ2v) is 15.7. The normalized spacial score (nSPS) is 33.1. The molecule has 12 nitrogen and oxygen atoms in total. The minimum atomic E-state index is -3.99. The molecule has 2 heterocycles. The quantitative estimate of drug-likeness (QED) is 0.352. The lowest BCUT2D eigenvalue weighted by atomic mass is 9.88. The Labute approximate surface area is 262 Å². The van der Waals surface area contributed by atoms with Crippen LogP contribution in [0.25, 0.3) is 0 Å². The van der Waals surface area contributed by atoms with Gasteiger partial charge in [0.1, 0.15) is 17.4 Å². The number of nitrogens with one attached hydrogen (secondary N) is 2. The molecule has 246 valence electrons. The molecule has 1 aromatic rings. The Morgan fingerprint density at radius 3 is 2.44 bits per heavy atom. The van der Waals surface area contributed by atoms with Crippen molar-refractivity contribution < 1.29 is 37.1 Å². The van der Waals surface area contributed by atoms with Crippen LogP contribution >= 0.6 is 0 Å². The number of halogens is 1. The van der Waals surface area contributed by atoms with Crippen molar-refractivity contribution in [2.24, 2.45) is 23.5 Å². The van der Waals surface area contributed by atoms with Crippen molar-refractivity contribution in [1.29, 1.82) is 0 Å². The lowest BCUT2D eigenvalue weighted by molar-refractivity contribution is -0.141. The van der Waals surface area contributed by atoms with E-state index in [1.54, 1.807) is 6.92 Å². The van der Waals surface area contributed by atoms with Gasteiger partial charge in [-0.3, -0.25) is 24.0 Å². The standard InChI is InChI=1S/C31H42FN5O7S/c1-18-6-4-5-7-20-16-31(20,28(40)35-45(43,44)30(3)12-13-30)34-26(38)24-15-23(17-36(24)27(39)25(33)19(2)14-18)37(29(41)42)22-10-8-21(32)9-11-22/h5,7-11,18-20,23-25H,4,6,12-17,33H2,1-3H3,(H,34,38)(H,35,40)(H,41,42)/t18?,19-,20-,23-,24+,25+,31-/m1/s1. The molecule has 3 fully saturated rings. The van der Waals surface area contributed by atoms with E-state index >= 15 is 0 Å². The summed E-state index contributed by atoms with van der Waals surface area (Å²) >= 11 is 0. The summed E-state index contributed by atoms with van der Waals surface area (Å²) in [6.45, 7) is 5.33. The van der Waals surface area contributed by atoms with Crippen LogP contribution in [0.3, 0.4) is 0 Å². The van der Waals surface area contributed by atoms with Crippen molar-refractivity contribution in [3.05, 3.63) is 42.2 Å². The second kappa shape index (κ2) is 12.0. The molecule has 5 N–H and O–H groups in total. The van der Waals surface area contributed by atoms with E-state index in [4.69, 9.17) is 5.73 Å². The summed E-state index contributed by atoms with van der Waals surface area (Å²) in [7, 11) is -3.99. The van der Waals surface area contributed by atoms with Crippen molar-refractivity contribution >= 4 is 39.5 Å². The minimum Gasteiger partial charge on any atom is -0.465 e. The molecule has 1 saturated heterocycles. The Bertz CT molecular complexity index is 1500. The minimum absolute atomic E-state index is 0.118. The van der Waals surface area contributed by atoms with Gasteiger partial charge in [0.2, 0.25) is 21.8 Å². The molecule has 2 saturated carbocycles. The lowest BCUT2D eigenvalue weighted by Gasteiger charge is -2.31. The molecule has 2 aliphatic heterocycles. The highest BCUT2D eigenvalue weighted by Crippen LogP contribution is 2.47. The van der Waals surface area contributed by atoms with Gasteiger partial charge >= 0.3 is 6.09 Å². The van der Waals surface area contributed by atoms with Crippen LogP contribution in [0.4, 0.5) is 14.9 Å². The summed E-state index contributed by atoms with van der Waals surface area (Å²) in [6, 6.07) is 1.79. The van der Waals surface area contributed by atoms with Crippen LogP contribution in [0.5, 0.6) is 0 Å². The fourth-order valence-corrected chi connectivity index (χ4v) is 7.93. The van der Waals surface area contributed by atoms with Crippen LogP contribution in [0.1, 0.15) is 65.7 Å². The number of sulfonamides is 1. The number of fused-ring (bicyclic) bond motifs is 2. The number of nitrogens with zero attached hydrogens (tertiary/aromatic N) is 2. The fraction of sp³-hybridized carbons (Fsp3) is 0.613. The number of allylic oxidation sites excluding steroid dienone is 1. The summed E-state index contributed by atoms with van der Waals surface area (Å²) in [5.41, 5.74) is 5.07. The van der Waals surface area contributed by atoms with E-state index < -0.39 is 74.0 Å². The molecule has 4 aliphatic rings. The number of benzene rings is 1. The third-order valence-electron chi connectivity index (χ3n) is 10.0. The van der Waals surface area contributed by atoms with Gasteiger partial charge in [0.05, 0.1) is 16.8 Å². The largest absolute Gasteiger partial charge is 0.465 e. The molecule has 7 atom stereocenters. The van der Waals surface area contributed by atoms with E-state index in [9.17, 15) is 37.1 Å². The smallest absolute Gasteiger partial charge is 0.412 e. The third-order valence-corrected chi connectivity index (χ3v) is 12.2. The number of rotatable bonds is 5. The molecular formula is C31H42FN5O7S. The van der Waals surface area contributed by atoms with Crippen molar-refractivity contribution in [2.75, 3.05) is 11.4 Å². The molecule has 14 heteroatoms. The second-order valence-electron chi connectivity index (χ2n) is 13.5. The van der Waals surface area contributed by atoms with Gasteiger partial charge < -0.3 is 21.1 Å². The molecule has 0 aromatic heterocycles. The molecule has 4 amide bonds. The zero-order valence-corrected chi connectivity index (χ0v) is 26.6. The van der Waals surface area contributed by atoms with Crippen molar-refractivity contribution in [3.63, 3.8) is 0 Å². The van der Waals surface area contributed by atoms with Crippen LogP contribution in [-0.4, -0.2) is 77.2 Å². The van der Waals surface area contributed by atoms with Crippen molar-refractivity contribution in [1.82, 2.24) is 14.9 Å². The molecule has 5 rings (SSSR count). The Morgan fingerprint density at radius 1 is 1.16 bits per heavy atom. The number of carbonyl (C=O) groups is 4.